The molecule has 0 bridgehead atoms. The van der Waals surface area contributed by atoms with Gasteiger partial charge in [-0.25, -0.2) is 29.3 Å². The molecule has 7 atom stereocenters. The molecule has 0 spiro atoms. The first-order valence-electron chi connectivity index (χ1n) is 30.3. The molecule has 27 N–H and O–H groups in total. The molecule has 0 aromatic carbocycles. The summed E-state index contributed by atoms with van der Waals surface area (Å²) in [5.74, 6) is -9.38. The van der Waals surface area contributed by atoms with Gasteiger partial charge in [0.2, 0.25) is 59.2 Å². The van der Waals surface area contributed by atoms with Gasteiger partial charge in [0.15, 0.2) is 33.5 Å². The number of imidazole rings is 3. The largest absolute Gasteiger partial charge is 0.383 e. The summed E-state index contributed by atoms with van der Waals surface area (Å²) in [6, 6.07) is -8.43. The van der Waals surface area contributed by atoms with Gasteiger partial charge in [0.1, 0.15) is 59.7 Å². The van der Waals surface area contributed by atoms with Crippen molar-refractivity contribution >= 4 is 110 Å². The molecule has 0 aliphatic heterocycles. The standard InChI is InChI=1S/C54H69N33O13/c55-10-2-1-3-24(36(60)88)67-41(90)26(4-11-82-14-7-30(57)73-52(82)98)69-44(93)29(19-84-16-9-32(59)75-54(84)100)72-43(92)27(6-13-86-21-65-34-38(86)77-50(62)80-47(34)96)70-45(94)28(18-83-15-8-31(58)74-53(83)99)71-42(91)25(5-12-85-20-64-33-37(85)76-49(61)79-46(33)95)68-40(89)23(56)17-87-22-66-35-39(87)78-51(63)81-48(35)97/h7-9,14-16,20-29H,1-6,10-13,17-19,55-56H2,(H2,60,88)(H,67,90)(H,68,89)(H,69,93)(H,70,94)(H,71,91)(H,72,92)(H2,57,73,98)(H2,58,74,99)(H2,59,75,100)(H3,61,76,79,95)(H3,62,77,80,96)(H3,63,78,81,97)/t23-,24-,25-,26-,27-,28-,29-/m0/s1. The van der Waals surface area contributed by atoms with Crippen molar-refractivity contribution in [2.75, 3.05) is 40.9 Å². The predicted molar refractivity (Wildman–Crippen MR) is 352 cm³/mol. The van der Waals surface area contributed by atoms with E-state index >= 15 is 14.4 Å². The van der Waals surface area contributed by atoms with Crippen LogP contribution in [0.4, 0.5) is 35.3 Å². The molecule has 9 rings (SSSR count). The minimum atomic E-state index is -1.98. The van der Waals surface area contributed by atoms with Crippen molar-refractivity contribution in [3.63, 3.8) is 0 Å². The lowest BCUT2D eigenvalue weighted by molar-refractivity contribution is -0.136. The van der Waals surface area contributed by atoms with Crippen molar-refractivity contribution in [3.05, 3.63) is 118 Å². The van der Waals surface area contributed by atoms with E-state index in [1.807, 2.05) is 0 Å². The third-order valence-corrected chi connectivity index (χ3v) is 15.4. The van der Waals surface area contributed by atoms with Crippen LogP contribution in [0, 0.1) is 0 Å². The quantitative estimate of drug-likeness (QED) is 0.0174. The van der Waals surface area contributed by atoms with Gasteiger partial charge in [-0.1, -0.05) is 0 Å². The summed E-state index contributed by atoms with van der Waals surface area (Å²) >= 11 is 0. The molecule has 9 heterocycles. The average molecular weight is 1390 g/mol. The smallest absolute Gasteiger partial charge is 0.349 e. The van der Waals surface area contributed by atoms with Crippen LogP contribution in [0.1, 0.15) is 38.5 Å². The number of amides is 7. The van der Waals surface area contributed by atoms with Gasteiger partial charge < -0.3 is 97.2 Å². The van der Waals surface area contributed by atoms with Crippen molar-refractivity contribution in [1.29, 1.82) is 0 Å². The van der Waals surface area contributed by atoms with Crippen LogP contribution in [0.3, 0.4) is 0 Å². The molecule has 0 aliphatic carbocycles. The lowest BCUT2D eigenvalue weighted by Crippen LogP contribution is -2.61. The number of aromatic amines is 3. The first kappa shape index (κ1) is 71.0. The molecule has 9 aromatic rings. The molecule has 0 saturated heterocycles. The van der Waals surface area contributed by atoms with Crippen molar-refractivity contribution in [1.82, 2.24) is 119 Å². The number of rotatable bonds is 32. The minimum absolute atomic E-state index is 0.0202. The number of primary amides is 1. The van der Waals surface area contributed by atoms with Crippen LogP contribution in [-0.2, 0) is 72.8 Å². The summed E-state index contributed by atoms with van der Waals surface area (Å²) in [4.78, 5) is 223. The van der Waals surface area contributed by atoms with E-state index in [1.54, 1.807) is 0 Å². The summed E-state index contributed by atoms with van der Waals surface area (Å²) in [6.07, 6.45) is 6.47. The maximum atomic E-state index is 15.3. The van der Waals surface area contributed by atoms with Gasteiger partial charge in [0, 0.05) is 44.8 Å². The first-order valence-corrected chi connectivity index (χ1v) is 30.3. The molecule has 9 aromatic heterocycles. The molecule has 528 valence electrons. The Morgan fingerprint density at radius 3 is 1.11 bits per heavy atom. The molecular formula is C54H69N33O13. The van der Waals surface area contributed by atoms with Gasteiger partial charge >= 0.3 is 17.1 Å². The highest BCUT2D eigenvalue weighted by Crippen LogP contribution is 2.14. The van der Waals surface area contributed by atoms with Gasteiger partial charge in [-0.05, 0) is 63.3 Å². The molecule has 46 heteroatoms. The number of carbonyl (C=O) groups is 7. The lowest BCUT2D eigenvalue weighted by atomic mass is 10.1. The molecule has 0 radical (unpaired) electrons. The second kappa shape index (κ2) is 31.1. The number of aryl methyl sites for hydroxylation is 3. The van der Waals surface area contributed by atoms with Crippen LogP contribution in [0.2, 0.25) is 0 Å². The van der Waals surface area contributed by atoms with E-state index in [0.29, 0.717) is 12.8 Å². The third-order valence-electron chi connectivity index (χ3n) is 15.4. The van der Waals surface area contributed by atoms with Crippen molar-refractivity contribution < 1.29 is 33.6 Å². The first-order chi connectivity index (χ1) is 47.6. The summed E-state index contributed by atoms with van der Waals surface area (Å²) in [7, 11) is 0. The fourth-order valence-electron chi connectivity index (χ4n) is 10.3. The highest BCUT2D eigenvalue weighted by Gasteiger charge is 2.35. The normalized spacial score (nSPS) is 13.5. The van der Waals surface area contributed by atoms with Gasteiger partial charge in [0.05, 0.1) is 32.1 Å². The topological polar surface area (TPSA) is 721 Å². The number of fused-ring (bicyclic) bond motifs is 3. The molecular weight excluding hydrogens is 1320 g/mol. The number of nitrogens with two attached hydrogens (primary N) is 9. The Bertz CT molecular complexity index is 4970. The van der Waals surface area contributed by atoms with E-state index in [1.165, 1.54) is 50.8 Å². The summed E-state index contributed by atoms with van der Waals surface area (Å²) in [6.45, 7) is -2.72. The van der Waals surface area contributed by atoms with E-state index < -0.39 is 156 Å². The maximum absolute atomic E-state index is 15.3. The fourth-order valence-corrected chi connectivity index (χ4v) is 10.3. The van der Waals surface area contributed by atoms with E-state index in [-0.39, 0.29) is 101 Å². The minimum Gasteiger partial charge on any atom is -0.383 e. The number of unbranched alkanes of at least 4 members (excludes halogenated alkanes) is 1. The second-order valence-corrected chi connectivity index (χ2v) is 22.6. The van der Waals surface area contributed by atoms with Crippen molar-refractivity contribution in [2.24, 2.45) is 17.2 Å². The van der Waals surface area contributed by atoms with E-state index in [2.05, 4.69) is 91.7 Å². The van der Waals surface area contributed by atoms with Gasteiger partial charge in [-0.2, -0.15) is 29.9 Å². The van der Waals surface area contributed by atoms with E-state index in [4.69, 9.17) is 51.6 Å². The Hall–Kier alpha value is -13.3. The number of aromatic nitrogens is 18. The zero-order valence-corrected chi connectivity index (χ0v) is 52.6. The Morgan fingerprint density at radius 1 is 0.400 bits per heavy atom. The van der Waals surface area contributed by atoms with Gasteiger partial charge in [-0.15, -0.1) is 0 Å². The predicted octanol–water partition coefficient (Wildman–Crippen LogP) is -10.3. The third kappa shape index (κ3) is 17.4. The van der Waals surface area contributed by atoms with Crippen molar-refractivity contribution in [3.8, 4) is 0 Å². The lowest BCUT2D eigenvalue weighted by Gasteiger charge is -2.28. The highest BCUT2D eigenvalue weighted by molar-refractivity contribution is 5.97. The fraction of sp³-hybridized carbons (Fsp3) is 0.370. The van der Waals surface area contributed by atoms with Crippen LogP contribution in [0.5, 0.6) is 0 Å². The number of nitrogen functional groups attached to an aromatic ring is 6. The Morgan fingerprint density at radius 2 is 0.730 bits per heavy atom. The monoisotopic (exact) mass is 1390 g/mol. The zero-order chi connectivity index (χ0) is 72.2. The number of hydrogen-bond acceptors (Lipinski definition) is 30. The number of nitrogens with zero attached hydrogens (tertiary/aromatic N) is 15. The van der Waals surface area contributed by atoms with Crippen LogP contribution >= 0.6 is 0 Å². The van der Waals surface area contributed by atoms with Crippen LogP contribution in [0.25, 0.3) is 33.5 Å². The molecule has 100 heavy (non-hydrogen) atoms. The van der Waals surface area contributed by atoms with E-state index in [0.717, 1.165) is 32.4 Å². The SMILES string of the molecule is NCCCC[C@H](NC(=O)[C@H](CCn1ccc(N)nc1=O)NC(=O)[C@H](Cn1ccc(N)nc1=O)NC(=O)[C@H](CCn1cnc2c(=O)[nH]c(N)nc21)NC(=O)[C@H](Cn1ccc(N)nc1=O)NC(=O)[C@H](CCn1cnc2c(=O)[nH]c(N)nc21)NC(=O)[C@@H](N)Cn1cnc2c(=O)[nH]c(N)nc21)C(N)=O. The summed E-state index contributed by atoms with van der Waals surface area (Å²) in [5, 5.41) is 15.1. The number of anilines is 6. The summed E-state index contributed by atoms with van der Waals surface area (Å²) < 4.78 is 6.62. The average Bonchev–Trinajstić information content (AvgIpc) is 1.43. The molecule has 7 amide bonds. The van der Waals surface area contributed by atoms with Crippen LogP contribution in [-0.4, -0.2) is 177 Å². The van der Waals surface area contributed by atoms with Crippen molar-refractivity contribution in [2.45, 2.75) is 120 Å². The number of hydrogen-bond donors (Lipinski definition) is 18. The zero-order valence-electron chi connectivity index (χ0n) is 52.6. The molecule has 0 saturated carbocycles. The highest BCUT2D eigenvalue weighted by atomic mass is 16.2. The van der Waals surface area contributed by atoms with Gasteiger partial charge in [-0.3, -0.25) is 76.6 Å². The Labute approximate surface area is 557 Å². The van der Waals surface area contributed by atoms with Crippen LogP contribution in [0.15, 0.2) is 84.5 Å². The second-order valence-electron chi connectivity index (χ2n) is 22.6. The number of H-pyrrole nitrogens is 3. The number of nitrogens with one attached hydrogen (secondary N) is 9. The maximum Gasteiger partial charge on any atom is 0.349 e. The Balaban J connectivity index is 1.07. The molecule has 0 fully saturated rings. The van der Waals surface area contributed by atoms with E-state index in [9.17, 15) is 47.9 Å². The molecule has 46 nitrogen and oxygen atoms in total. The molecule has 0 unspecified atom stereocenters. The molecule has 0 aliphatic rings. The summed E-state index contributed by atoms with van der Waals surface area (Å²) in [5.41, 5.74) is 46.8. The van der Waals surface area contributed by atoms with Crippen LogP contribution < -0.4 is 117 Å². The Kier molecular flexibility index (Phi) is 22.1. The van der Waals surface area contributed by atoms with Gasteiger partial charge in [0.25, 0.3) is 16.7 Å². The number of carbonyl (C=O) groups excluding carboxylic acids is 7.